The molecule has 5 nitrogen and oxygen atoms in total. The van der Waals surface area contributed by atoms with Crippen molar-refractivity contribution in [1.82, 2.24) is 25.5 Å². The molecule has 2 atom stereocenters. The number of rotatable bonds is 3. The van der Waals surface area contributed by atoms with Gasteiger partial charge in [0.15, 0.2) is 5.82 Å². The van der Waals surface area contributed by atoms with Crippen molar-refractivity contribution in [3.63, 3.8) is 0 Å². The molecule has 0 aliphatic heterocycles. The molecule has 1 aliphatic carbocycles. The van der Waals surface area contributed by atoms with Crippen LogP contribution in [0.1, 0.15) is 38.4 Å². The minimum atomic E-state index is 0.627. The van der Waals surface area contributed by atoms with Gasteiger partial charge in [0.2, 0.25) is 0 Å². The topological polar surface area (TPSA) is 55.6 Å². The number of nitrogens with zero attached hydrogens (tertiary/aromatic N) is 4. The third-order valence-corrected chi connectivity index (χ3v) is 3.18. The minimum Gasteiger partial charge on any atom is -0.307 e. The average Bonchev–Trinajstić information content (AvgIpc) is 2.63. The Balaban J connectivity index is 1.81. The Morgan fingerprint density at radius 2 is 2.20 bits per heavy atom. The summed E-state index contributed by atoms with van der Waals surface area (Å²) >= 11 is 0. The van der Waals surface area contributed by atoms with Crippen molar-refractivity contribution in [2.24, 2.45) is 13.0 Å². The van der Waals surface area contributed by atoms with E-state index in [0.29, 0.717) is 6.04 Å². The van der Waals surface area contributed by atoms with Crippen molar-refractivity contribution in [1.29, 1.82) is 0 Å². The number of aromatic nitrogens is 4. The lowest BCUT2D eigenvalue weighted by Gasteiger charge is -2.29. The van der Waals surface area contributed by atoms with Crippen molar-refractivity contribution in [2.75, 3.05) is 0 Å². The maximum absolute atomic E-state index is 4.15. The van der Waals surface area contributed by atoms with E-state index in [4.69, 9.17) is 0 Å². The Labute approximate surface area is 90.2 Å². The van der Waals surface area contributed by atoms with Gasteiger partial charge in [0.1, 0.15) is 0 Å². The van der Waals surface area contributed by atoms with Gasteiger partial charge in [-0.2, -0.15) is 4.80 Å². The Morgan fingerprint density at radius 3 is 2.87 bits per heavy atom. The van der Waals surface area contributed by atoms with E-state index in [1.165, 1.54) is 30.5 Å². The van der Waals surface area contributed by atoms with Crippen molar-refractivity contribution < 1.29 is 0 Å². The van der Waals surface area contributed by atoms with Gasteiger partial charge in [0.05, 0.1) is 13.6 Å². The first kappa shape index (κ1) is 10.5. The molecule has 15 heavy (non-hydrogen) atoms. The quantitative estimate of drug-likeness (QED) is 0.803. The third-order valence-electron chi connectivity index (χ3n) is 3.18. The van der Waals surface area contributed by atoms with E-state index in [0.717, 1.165) is 18.3 Å². The fourth-order valence-corrected chi connectivity index (χ4v) is 2.24. The number of nitrogens with one attached hydrogen (secondary N) is 1. The molecule has 1 aliphatic rings. The number of hydrogen-bond acceptors (Lipinski definition) is 4. The maximum atomic E-state index is 4.15. The van der Waals surface area contributed by atoms with Crippen LogP contribution >= 0.6 is 0 Å². The van der Waals surface area contributed by atoms with E-state index in [2.05, 4.69) is 27.7 Å². The van der Waals surface area contributed by atoms with Gasteiger partial charge < -0.3 is 5.32 Å². The molecule has 1 fully saturated rings. The molecule has 1 aromatic rings. The van der Waals surface area contributed by atoms with Crippen LogP contribution in [0.15, 0.2) is 0 Å². The van der Waals surface area contributed by atoms with Gasteiger partial charge in [-0.3, -0.25) is 0 Å². The normalized spacial score (nSPS) is 26.8. The summed E-state index contributed by atoms with van der Waals surface area (Å²) in [6.07, 6.45) is 5.34. The van der Waals surface area contributed by atoms with Crippen molar-refractivity contribution in [3.05, 3.63) is 5.82 Å². The number of hydrogen-bond donors (Lipinski definition) is 1. The lowest BCUT2D eigenvalue weighted by Crippen LogP contribution is -2.37. The number of tetrazole rings is 1. The summed E-state index contributed by atoms with van der Waals surface area (Å²) in [7, 11) is 1.79. The van der Waals surface area contributed by atoms with E-state index in [-0.39, 0.29) is 0 Å². The summed E-state index contributed by atoms with van der Waals surface area (Å²) in [5, 5.41) is 15.5. The lowest BCUT2D eigenvalue weighted by molar-refractivity contribution is 0.277. The molecule has 2 unspecified atom stereocenters. The summed E-state index contributed by atoms with van der Waals surface area (Å²) in [6.45, 7) is 3.06. The molecule has 0 aromatic carbocycles. The Morgan fingerprint density at radius 1 is 1.40 bits per heavy atom. The summed E-state index contributed by atoms with van der Waals surface area (Å²) in [4.78, 5) is 1.50. The highest BCUT2D eigenvalue weighted by molar-refractivity contribution is 4.82. The van der Waals surface area contributed by atoms with Gasteiger partial charge in [-0.15, -0.1) is 10.2 Å². The first-order valence-electron chi connectivity index (χ1n) is 5.72. The molecular formula is C10H19N5. The van der Waals surface area contributed by atoms with Crippen LogP contribution in [0.2, 0.25) is 0 Å². The van der Waals surface area contributed by atoms with Crippen LogP contribution < -0.4 is 5.32 Å². The fraction of sp³-hybridized carbons (Fsp3) is 0.900. The van der Waals surface area contributed by atoms with Crippen LogP contribution in [0.3, 0.4) is 0 Å². The highest BCUT2D eigenvalue weighted by Crippen LogP contribution is 2.23. The highest BCUT2D eigenvalue weighted by Gasteiger charge is 2.20. The molecule has 1 heterocycles. The summed E-state index contributed by atoms with van der Waals surface area (Å²) in [5.41, 5.74) is 0. The molecule has 1 aromatic heterocycles. The second-order valence-corrected chi connectivity index (χ2v) is 4.44. The standard InChI is InChI=1S/C10H19N5/c1-8-5-3-4-6-9(8)11-7-10-12-14-15(2)13-10/h8-9,11H,3-7H2,1-2H3. The van der Waals surface area contributed by atoms with Crippen molar-refractivity contribution in [2.45, 2.75) is 45.2 Å². The Hall–Kier alpha value is -0.970. The zero-order valence-electron chi connectivity index (χ0n) is 9.48. The molecule has 0 radical (unpaired) electrons. The average molecular weight is 209 g/mol. The van der Waals surface area contributed by atoms with Crippen LogP contribution in [0.4, 0.5) is 0 Å². The van der Waals surface area contributed by atoms with Crippen LogP contribution in [-0.4, -0.2) is 26.2 Å². The molecule has 1 N–H and O–H groups in total. The second-order valence-electron chi connectivity index (χ2n) is 4.44. The summed E-state index contributed by atoms with van der Waals surface area (Å²) in [5.74, 6) is 1.56. The van der Waals surface area contributed by atoms with Gasteiger partial charge in [0.25, 0.3) is 0 Å². The van der Waals surface area contributed by atoms with Gasteiger partial charge >= 0.3 is 0 Å². The Kier molecular flexibility index (Phi) is 3.30. The largest absolute Gasteiger partial charge is 0.307 e. The Bertz CT molecular complexity index is 309. The first-order chi connectivity index (χ1) is 7.25. The molecule has 0 amide bonds. The van der Waals surface area contributed by atoms with Gasteiger partial charge in [-0.25, -0.2) is 0 Å². The summed E-state index contributed by atoms with van der Waals surface area (Å²) < 4.78 is 0. The zero-order chi connectivity index (χ0) is 10.7. The minimum absolute atomic E-state index is 0.627. The molecule has 1 saturated carbocycles. The molecular weight excluding hydrogens is 190 g/mol. The van der Waals surface area contributed by atoms with Crippen LogP contribution in [0.5, 0.6) is 0 Å². The predicted octanol–water partition coefficient (Wildman–Crippen LogP) is 0.878. The molecule has 0 saturated heterocycles. The van der Waals surface area contributed by atoms with E-state index in [1.54, 1.807) is 7.05 Å². The molecule has 0 bridgehead atoms. The summed E-state index contributed by atoms with van der Waals surface area (Å²) in [6, 6.07) is 0.627. The first-order valence-corrected chi connectivity index (χ1v) is 5.72. The van der Waals surface area contributed by atoms with E-state index in [9.17, 15) is 0 Å². The fourth-order valence-electron chi connectivity index (χ4n) is 2.24. The van der Waals surface area contributed by atoms with Crippen molar-refractivity contribution in [3.8, 4) is 0 Å². The van der Waals surface area contributed by atoms with E-state index in [1.807, 2.05) is 0 Å². The predicted molar refractivity (Wildman–Crippen MR) is 57.1 cm³/mol. The highest BCUT2D eigenvalue weighted by atomic mass is 15.6. The molecule has 2 rings (SSSR count). The van der Waals surface area contributed by atoms with Crippen LogP contribution in [0.25, 0.3) is 0 Å². The smallest absolute Gasteiger partial charge is 0.188 e. The van der Waals surface area contributed by atoms with Gasteiger partial charge in [-0.05, 0) is 24.0 Å². The second kappa shape index (κ2) is 4.70. The SMILES string of the molecule is CC1CCCCC1NCc1nnn(C)n1. The van der Waals surface area contributed by atoms with Crippen LogP contribution in [0, 0.1) is 5.92 Å². The van der Waals surface area contributed by atoms with E-state index >= 15 is 0 Å². The maximum Gasteiger partial charge on any atom is 0.188 e. The number of aryl methyl sites for hydroxylation is 1. The molecule has 5 heteroatoms. The van der Waals surface area contributed by atoms with E-state index < -0.39 is 0 Å². The van der Waals surface area contributed by atoms with Gasteiger partial charge in [-0.1, -0.05) is 19.8 Å². The molecule has 84 valence electrons. The molecule has 0 spiro atoms. The lowest BCUT2D eigenvalue weighted by atomic mass is 9.86. The third kappa shape index (κ3) is 2.75. The van der Waals surface area contributed by atoms with Crippen LogP contribution in [-0.2, 0) is 13.6 Å². The van der Waals surface area contributed by atoms with Crippen molar-refractivity contribution >= 4 is 0 Å². The zero-order valence-corrected chi connectivity index (χ0v) is 9.48. The van der Waals surface area contributed by atoms with Gasteiger partial charge in [0, 0.05) is 6.04 Å². The monoisotopic (exact) mass is 209 g/mol.